The van der Waals surface area contributed by atoms with Crippen LogP contribution in [0.15, 0.2) is 54.7 Å². The number of aryl methyl sites for hydroxylation is 1. The fourth-order valence-corrected chi connectivity index (χ4v) is 4.48. The number of H-pyrrole nitrogens is 1. The summed E-state index contributed by atoms with van der Waals surface area (Å²) in [5.74, 6) is -1.15. The number of alkyl halides is 1. The highest BCUT2D eigenvalue weighted by Crippen LogP contribution is 2.25. The smallest absolute Gasteiger partial charge is 0.230 e. The van der Waals surface area contributed by atoms with Gasteiger partial charge in [0.15, 0.2) is 0 Å². The van der Waals surface area contributed by atoms with E-state index in [0.717, 1.165) is 26.9 Å². The highest BCUT2D eigenvalue weighted by Gasteiger charge is 2.35. The van der Waals surface area contributed by atoms with E-state index in [1.54, 1.807) is 7.11 Å². The van der Waals surface area contributed by atoms with Crippen molar-refractivity contribution in [2.24, 2.45) is 11.7 Å². The van der Waals surface area contributed by atoms with E-state index in [-0.39, 0.29) is 17.5 Å². The van der Waals surface area contributed by atoms with Crippen molar-refractivity contribution in [1.82, 2.24) is 9.88 Å². The van der Waals surface area contributed by atoms with Gasteiger partial charge in [-0.3, -0.25) is 19.3 Å². The van der Waals surface area contributed by atoms with Gasteiger partial charge in [-0.15, -0.1) is 0 Å². The molecule has 0 aliphatic heterocycles. The van der Waals surface area contributed by atoms with Gasteiger partial charge in [-0.1, -0.05) is 52.3 Å². The Morgan fingerprint density at radius 2 is 1.79 bits per heavy atom. The van der Waals surface area contributed by atoms with E-state index in [1.165, 1.54) is 6.92 Å². The zero-order valence-electron chi connectivity index (χ0n) is 18.7. The molecule has 2 aromatic carbocycles. The van der Waals surface area contributed by atoms with Crippen molar-refractivity contribution in [2.75, 3.05) is 12.4 Å². The van der Waals surface area contributed by atoms with Crippen molar-refractivity contribution in [1.29, 1.82) is 0 Å². The number of Topliss-reactive ketones (excluding diaryl/α,β-unsaturated/α-hetero) is 1. The van der Waals surface area contributed by atoms with Crippen LogP contribution in [0.3, 0.4) is 0 Å². The Balaban J connectivity index is 1.82. The summed E-state index contributed by atoms with van der Waals surface area (Å²) < 4.78 is 5.34. The predicted molar refractivity (Wildman–Crippen MR) is 131 cm³/mol. The van der Waals surface area contributed by atoms with Crippen LogP contribution >= 0.6 is 15.9 Å². The van der Waals surface area contributed by atoms with E-state index < -0.39 is 23.9 Å². The number of nitrogens with zero attached hydrogens (tertiary/aromatic N) is 1. The number of nitrogens with one attached hydrogen (secondary N) is 1. The van der Waals surface area contributed by atoms with Crippen LogP contribution in [-0.4, -0.2) is 46.1 Å². The van der Waals surface area contributed by atoms with Gasteiger partial charge in [0.05, 0.1) is 24.5 Å². The summed E-state index contributed by atoms with van der Waals surface area (Å²) in [5, 5.41) is 1.06. The highest BCUT2D eigenvalue weighted by atomic mass is 79.9. The lowest BCUT2D eigenvalue weighted by molar-refractivity contribution is -0.148. The van der Waals surface area contributed by atoms with Crippen molar-refractivity contribution < 1.29 is 19.1 Å². The summed E-state index contributed by atoms with van der Waals surface area (Å²) in [5.41, 5.74) is 9.15. The molecular formula is C25H28BrN3O4. The molecule has 0 aliphatic rings. The largest absolute Gasteiger partial charge is 0.496 e. The number of carbonyl (C=O) groups is 3. The molecule has 174 valence electrons. The maximum Gasteiger partial charge on any atom is 0.230 e. The fraction of sp³-hybridized carbons (Fsp3) is 0.320. The Bertz CT molecular complexity index is 1140. The maximum absolute atomic E-state index is 13.1. The van der Waals surface area contributed by atoms with Crippen LogP contribution in [0.2, 0.25) is 0 Å². The first-order valence-electron chi connectivity index (χ1n) is 10.7. The summed E-state index contributed by atoms with van der Waals surface area (Å²) in [6.07, 6.45) is 1.52. The van der Waals surface area contributed by atoms with Gasteiger partial charge in [-0.05, 0) is 36.1 Å². The second-order valence-electron chi connectivity index (χ2n) is 7.86. The van der Waals surface area contributed by atoms with Gasteiger partial charge >= 0.3 is 0 Å². The number of ketones is 1. The minimum atomic E-state index is -1.08. The maximum atomic E-state index is 13.1. The zero-order chi connectivity index (χ0) is 24.0. The van der Waals surface area contributed by atoms with Gasteiger partial charge in [0.2, 0.25) is 11.8 Å². The van der Waals surface area contributed by atoms with Gasteiger partial charge in [0.25, 0.3) is 0 Å². The number of carbonyl (C=O) groups excluding carboxylic acids is 3. The average molecular weight is 514 g/mol. The van der Waals surface area contributed by atoms with Crippen molar-refractivity contribution in [2.45, 2.75) is 32.4 Å². The summed E-state index contributed by atoms with van der Waals surface area (Å²) in [6, 6.07) is 15.2. The number of nitrogens with two attached hydrogens (primary N) is 1. The molecular weight excluding hydrogens is 486 g/mol. The molecule has 2 atom stereocenters. The molecule has 0 saturated heterocycles. The third-order valence-electron chi connectivity index (χ3n) is 5.78. The lowest BCUT2D eigenvalue weighted by Crippen LogP contribution is -2.55. The van der Waals surface area contributed by atoms with E-state index in [1.807, 2.05) is 54.7 Å². The average Bonchev–Trinajstić information content (AvgIpc) is 3.23. The van der Waals surface area contributed by atoms with Gasteiger partial charge in [-0.2, -0.15) is 0 Å². The van der Waals surface area contributed by atoms with E-state index in [9.17, 15) is 14.4 Å². The van der Waals surface area contributed by atoms with Gasteiger partial charge in [-0.25, -0.2) is 0 Å². The third kappa shape index (κ3) is 5.69. The lowest BCUT2D eigenvalue weighted by atomic mass is 9.92. The molecule has 3 N–H and O–H groups in total. The van der Waals surface area contributed by atoms with Crippen LogP contribution in [0, 0.1) is 5.92 Å². The number of benzene rings is 2. The summed E-state index contributed by atoms with van der Waals surface area (Å²) in [7, 11) is 1.57. The molecule has 8 heteroatoms. The van der Waals surface area contributed by atoms with E-state index in [2.05, 4.69) is 20.9 Å². The van der Waals surface area contributed by atoms with Crippen molar-refractivity contribution in [3.8, 4) is 5.75 Å². The van der Waals surface area contributed by atoms with Gasteiger partial charge in [0, 0.05) is 30.4 Å². The molecule has 1 aromatic heterocycles. The van der Waals surface area contributed by atoms with Gasteiger partial charge < -0.3 is 15.5 Å². The summed E-state index contributed by atoms with van der Waals surface area (Å²) in [4.78, 5) is 42.6. The number of para-hydroxylation sites is 2. The number of imide groups is 1. The quantitative estimate of drug-likeness (QED) is 0.318. The number of aromatic nitrogens is 1. The molecule has 1 heterocycles. The summed E-state index contributed by atoms with van der Waals surface area (Å²) in [6.45, 7) is 1.29. The number of methoxy groups -OCH3 is 1. The Morgan fingerprint density at radius 1 is 1.09 bits per heavy atom. The molecule has 33 heavy (non-hydrogen) atoms. The topological polar surface area (TPSA) is 105 Å². The van der Waals surface area contributed by atoms with Crippen LogP contribution in [0.4, 0.5) is 0 Å². The Labute approximate surface area is 201 Å². The molecule has 0 fully saturated rings. The number of hydrogen-bond donors (Lipinski definition) is 2. The number of amides is 2. The first kappa shape index (κ1) is 24.7. The number of rotatable bonds is 10. The fourth-order valence-electron chi connectivity index (χ4n) is 4.06. The number of hydrogen-bond acceptors (Lipinski definition) is 5. The van der Waals surface area contributed by atoms with E-state index >= 15 is 0 Å². The van der Waals surface area contributed by atoms with Crippen LogP contribution in [0.5, 0.6) is 5.75 Å². The molecule has 0 saturated carbocycles. The van der Waals surface area contributed by atoms with E-state index in [0.29, 0.717) is 18.6 Å². The van der Waals surface area contributed by atoms with Crippen LogP contribution in [-0.2, 0) is 27.2 Å². The second kappa shape index (κ2) is 11.2. The highest BCUT2D eigenvalue weighted by molar-refractivity contribution is 9.09. The van der Waals surface area contributed by atoms with Crippen molar-refractivity contribution >= 4 is 44.4 Å². The Morgan fingerprint density at radius 3 is 2.48 bits per heavy atom. The standard InChI is InChI=1S/C25H28BrN3O4/c1-16(30)29(24(32)12-11-17-7-3-6-10-23(17)33-2)25(27)20(22(31)14-26)13-18-15-28-21-9-5-4-8-19(18)21/h3-10,15,20,25,28H,11-14,27H2,1-2H3. The Kier molecular flexibility index (Phi) is 8.41. The molecule has 2 amide bonds. The number of aromatic amines is 1. The van der Waals surface area contributed by atoms with Crippen molar-refractivity contribution in [3.05, 3.63) is 65.9 Å². The Hall–Kier alpha value is -2.97. The normalized spacial score (nSPS) is 12.8. The van der Waals surface area contributed by atoms with Crippen LogP contribution in [0.25, 0.3) is 10.9 Å². The molecule has 2 unspecified atom stereocenters. The SMILES string of the molecule is COc1ccccc1CCC(=O)N(C(C)=O)C(N)C(Cc1c[nH]c2ccccc12)C(=O)CBr. The molecule has 0 spiro atoms. The van der Waals surface area contributed by atoms with Crippen LogP contribution < -0.4 is 10.5 Å². The van der Waals surface area contributed by atoms with Crippen molar-refractivity contribution in [3.63, 3.8) is 0 Å². The minimum absolute atomic E-state index is 0.0654. The first-order valence-corrected chi connectivity index (χ1v) is 11.8. The first-order chi connectivity index (χ1) is 15.9. The number of halogens is 1. The molecule has 0 radical (unpaired) electrons. The van der Waals surface area contributed by atoms with Crippen LogP contribution in [0.1, 0.15) is 24.5 Å². The monoisotopic (exact) mass is 513 g/mol. The molecule has 0 bridgehead atoms. The number of ether oxygens (including phenoxy) is 1. The summed E-state index contributed by atoms with van der Waals surface area (Å²) >= 11 is 3.22. The predicted octanol–water partition coefficient (Wildman–Crippen LogP) is 3.59. The lowest BCUT2D eigenvalue weighted by Gasteiger charge is -2.31. The molecule has 0 aliphatic carbocycles. The zero-order valence-corrected chi connectivity index (χ0v) is 20.3. The number of fused-ring (bicyclic) bond motifs is 1. The molecule has 7 nitrogen and oxygen atoms in total. The molecule has 3 aromatic rings. The second-order valence-corrected chi connectivity index (χ2v) is 8.42. The molecule has 3 rings (SSSR count). The third-order valence-corrected chi connectivity index (χ3v) is 6.33. The minimum Gasteiger partial charge on any atom is -0.496 e. The van der Waals surface area contributed by atoms with Gasteiger partial charge in [0.1, 0.15) is 11.5 Å². The van der Waals surface area contributed by atoms with E-state index in [4.69, 9.17) is 10.5 Å².